The molecule has 1 rings (SSSR count). The minimum absolute atomic E-state index is 0.212. The summed E-state index contributed by atoms with van der Waals surface area (Å²) in [5.41, 5.74) is 0.705. The van der Waals surface area contributed by atoms with Crippen LogP contribution in [-0.4, -0.2) is 6.04 Å². The fraction of sp³-hybridized carbons (Fsp3) is 0.273. The molecule has 0 aliphatic carbocycles. The lowest BCUT2D eigenvalue weighted by molar-refractivity contribution is 0.627. The molecule has 1 aromatic rings. The molecule has 76 valence electrons. The van der Waals surface area contributed by atoms with E-state index in [1.165, 1.54) is 12.1 Å². The van der Waals surface area contributed by atoms with Crippen molar-refractivity contribution in [3.8, 4) is 12.1 Å². The van der Waals surface area contributed by atoms with Crippen LogP contribution in [0, 0.1) is 28.5 Å². The zero-order valence-corrected chi connectivity index (χ0v) is 8.29. The first-order chi connectivity index (χ1) is 7.21. The van der Waals surface area contributed by atoms with Gasteiger partial charge in [-0.2, -0.15) is 10.5 Å². The van der Waals surface area contributed by atoms with E-state index in [9.17, 15) is 4.39 Å². The van der Waals surface area contributed by atoms with Gasteiger partial charge in [-0.15, -0.1) is 0 Å². The number of benzene rings is 1. The van der Waals surface area contributed by atoms with Crippen molar-refractivity contribution in [3.63, 3.8) is 0 Å². The third kappa shape index (κ3) is 2.69. The summed E-state index contributed by atoms with van der Waals surface area (Å²) < 4.78 is 12.8. The van der Waals surface area contributed by atoms with Crippen LogP contribution in [0.15, 0.2) is 18.2 Å². The van der Waals surface area contributed by atoms with Crippen LogP contribution in [-0.2, 0) is 0 Å². The summed E-state index contributed by atoms with van der Waals surface area (Å²) in [6, 6.07) is 7.44. The molecule has 0 aliphatic rings. The van der Waals surface area contributed by atoms with Crippen molar-refractivity contribution < 1.29 is 4.39 Å². The van der Waals surface area contributed by atoms with Crippen molar-refractivity contribution in [2.24, 2.45) is 0 Å². The fourth-order valence-electron chi connectivity index (χ4n) is 1.15. The van der Waals surface area contributed by atoms with Gasteiger partial charge in [0.05, 0.1) is 17.3 Å². The molecule has 0 saturated carbocycles. The molecule has 0 aromatic heterocycles. The van der Waals surface area contributed by atoms with Gasteiger partial charge in [-0.05, 0) is 24.6 Å². The monoisotopic (exact) mass is 203 g/mol. The summed E-state index contributed by atoms with van der Waals surface area (Å²) in [4.78, 5) is 0. The molecule has 0 radical (unpaired) electrons. The second kappa shape index (κ2) is 4.97. The van der Waals surface area contributed by atoms with E-state index in [1.807, 2.05) is 13.0 Å². The zero-order chi connectivity index (χ0) is 11.3. The summed E-state index contributed by atoms with van der Waals surface area (Å²) >= 11 is 0. The molecular weight excluding hydrogens is 193 g/mol. The number of hydrogen-bond donors (Lipinski definition) is 1. The van der Waals surface area contributed by atoms with Crippen LogP contribution in [0.1, 0.15) is 18.9 Å². The number of halogens is 1. The van der Waals surface area contributed by atoms with Crippen LogP contribution in [0.3, 0.4) is 0 Å². The highest BCUT2D eigenvalue weighted by Gasteiger charge is 2.08. The molecule has 0 spiro atoms. The zero-order valence-electron chi connectivity index (χ0n) is 8.29. The second-order valence-electron chi connectivity index (χ2n) is 3.04. The maximum Gasteiger partial charge on any atom is 0.124 e. The van der Waals surface area contributed by atoms with E-state index in [1.54, 1.807) is 0 Å². The normalized spacial score (nSPS) is 11.2. The Morgan fingerprint density at radius 1 is 1.47 bits per heavy atom. The van der Waals surface area contributed by atoms with Gasteiger partial charge in [0, 0.05) is 0 Å². The predicted molar refractivity (Wildman–Crippen MR) is 54.4 cm³/mol. The smallest absolute Gasteiger partial charge is 0.124 e. The second-order valence-corrected chi connectivity index (χ2v) is 3.04. The molecule has 0 aliphatic heterocycles. The van der Waals surface area contributed by atoms with Crippen LogP contribution in [0.2, 0.25) is 0 Å². The van der Waals surface area contributed by atoms with Crippen molar-refractivity contribution in [1.29, 1.82) is 10.5 Å². The van der Waals surface area contributed by atoms with E-state index in [0.29, 0.717) is 12.1 Å². The maximum atomic E-state index is 12.8. The third-order valence-corrected chi connectivity index (χ3v) is 2.00. The van der Waals surface area contributed by atoms with Crippen molar-refractivity contribution >= 4 is 5.69 Å². The number of nitrogens with zero attached hydrogens (tertiary/aromatic N) is 2. The highest BCUT2D eigenvalue weighted by atomic mass is 19.1. The number of hydrogen-bond acceptors (Lipinski definition) is 3. The molecule has 1 aromatic carbocycles. The van der Waals surface area contributed by atoms with Crippen LogP contribution in [0.5, 0.6) is 0 Å². The summed E-state index contributed by atoms with van der Waals surface area (Å²) in [6.45, 7) is 1.86. The van der Waals surface area contributed by atoms with E-state index < -0.39 is 5.82 Å². The molecular formula is C11H10FN3. The lowest BCUT2D eigenvalue weighted by atomic mass is 10.1. The van der Waals surface area contributed by atoms with Crippen molar-refractivity contribution in [2.45, 2.75) is 19.4 Å². The van der Waals surface area contributed by atoms with E-state index in [2.05, 4.69) is 11.4 Å². The molecule has 0 bridgehead atoms. The van der Waals surface area contributed by atoms with Crippen molar-refractivity contribution in [3.05, 3.63) is 29.6 Å². The summed E-state index contributed by atoms with van der Waals surface area (Å²) in [7, 11) is 0. The number of nitriles is 2. The Morgan fingerprint density at radius 2 is 2.20 bits per heavy atom. The first kappa shape index (κ1) is 11.0. The fourth-order valence-corrected chi connectivity index (χ4v) is 1.15. The summed E-state index contributed by atoms with van der Waals surface area (Å²) in [5.74, 6) is -0.456. The molecule has 1 unspecified atom stereocenters. The maximum absolute atomic E-state index is 12.8. The van der Waals surface area contributed by atoms with Crippen molar-refractivity contribution in [1.82, 2.24) is 0 Å². The molecule has 15 heavy (non-hydrogen) atoms. The van der Waals surface area contributed by atoms with Crippen LogP contribution in [0.4, 0.5) is 10.1 Å². The summed E-state index contributed by atoms with van der Waals surface area (Å²) in [5, 5.41) is 20.4. The SMILES string of the molecule is CCC(C#N)Nc1ccc(F)cc1C#N. The van der Waals surface area contributed by atoms with E-state index >= 15 is 0 Å². The van der Waals surface area contributed by atoms with Gasteiger partial charge in [0.15, 0.2) is 0 Å². The van der Waals surface area contributed by atoms with Gasteiger partial charge >= 0.3 is 0 Å². The van der Waals surface area contributed by atoms with Gasteiger partial charge in [0.25, 0.3) is 0 Å². The van der Waals surface area contributed by atoms with Gasteiger partial charge in [0.2, 0.25) is 0 Å². The largest absolute Gasteiger partial charge is 0.369 e. The summed E-state index contributed by atoms with van der Waals surface area (Å²) in [6.07, 6.45) is 0.624. The molecule has 0 amide bonds. The minimum atomic E-state index is -0.456. The van der Waals surface area contributed by atoms with E-state index in [4.69, 9.17) is 10.5 Å². The Kier molecular flexibility index (Phi) is 3.65. The lowest BCUT2D eigenvalue weighted by Crippen LogP contribution is -2.16. The van der Waals surface area contributed by atoms with Crippen LogP contribution in [0.25, 0.3) is 0 Å². The molecule has 4 heteroatoms. The average Bonchev–Trinajstić information content (AvgIpc) is 2.27. The Labute approximate surface area is 87.8 Å². The van der Waals surface area contributed by atoms with Crippen molar-refractivity contribution in [2.75, 3.05) is 5.32 Å². The highest BCUT2D eigenvalue weighted by molar-refractivity contribution is 5.58. The molecule has 0 heterocycles. The third-order valence-electron chi connectivity index (χ3n) is 2.00. The van der Waals surface area contributed by atoms with Gasteiger partial charge in [0.1, 0.15) is 17.9 Å². The minimum Gasteiger partial charge on any atom is -0.369 e. The molecule has 0 fully saturated rings. The predicted octanol–water partition coefficient (Wildman–Crippen LogP) is 2.41. The molecule has 3 nitrogen and oxygen atoms in total. The highest BCUT2D eigenvalue weighted by Crippen LogP contribution is 2.17. The van der Waals surface area contributed by atoms with Crippen LogP contribution >= 0.6 is 0 Å². The first-order valence-electron chi connectivity index (χ1n) is 4.57. The van der Waals surface area contributed by atoms with Gasteiger partial charge in [-0.3, -0.25) is 0 Å². The Bertz CT molecular complexity index is 428. The molecule has 1 atom stereocenters. The Hall–Kier alpha value is -2.07. The lowest BCUT2D eigenvalue weighted by Gasteiger charge is -2.11. The van der Waals surface area contributed by atoms with E-state index in [0.717, 1.165) is 6.07 Å². The number of rotatable bonds is 3. The van der Waals surface area contributed by atoms with E-state index in [-0.39, 0.29) is 11.6 Å². The quantitative estimate of drug-likeness (QED) is 0.820. The number of anilines is 1. The number of nitrogens with one attached hydrogen (secondary N) is 1. The Balaban J connectivity index is 2.96. The van der Waals surface area contributed by atoms with Gasteiger partial charge < -0.3 is 5.32 Å². The van der Waals surface area contributed by atoms with Gasteiger partial charge in [-0.25, -0.2) is 4.39 Å². The molecule has 0 saturated heterocycles. The standard InChI is InChI=1S/C11H10FN3/c1-2-10(7-14)15-11-4-3-9(12)5-8(11)6-13/h3-5,10,15H,2H2,1H3. The molecule has 1 N–H and O–H groups in total. The average molecular weight is 203 g/mol. The first-order valence-corrected chi connectivity index (χ1v) is 4.57. The Morgan fingerprint density at radius 3 is 2.73 bits per heavy atom. The van der Waals surface area contributed by atoms with Crippen LogP contribution < -0.4 is 5.32 Å². The topological polar surface area (TPSA) is 59.6 Å². The van der Waals surface area contributed by atoms with Gasteiger partial charge in [-0.1, -0.05) is 6.92 Å².